The van der Waals surface area contributed by atoms with Gasteiger partial charge in [-0.05, 0) is 28.8 Å². The third-order valence-electron chi connectivity index (χ3n) is 3.06. The first-order valence-corrected chi connectivity index (χ1v) is 6.40. The number of aliphatic hydroxyl groups excluding tert-OH is 1. The number of benzene rings is 2. The molecule has 0 bridgehead atoms. The molecule has 3 N–H and O–H groups in total. The maximum absolute atomic E-state index is 10.7. The molecule has 0 fully saturated rings. The van der Waals surface area contributed by atoms with Crippen LogP contribution in [0.4, 0.5) is 0 Å². The summed E-state index contributed by atoms with van der Waals surface area (Å²) in [5.41, 5.74) is 3.39. The minimum atomic E-state index is -0.909. The second-order valence-corrected chi connectivity index (χ2v) is 4.58. The average molecular weight is 271 g/mol. The van der Waals surface area contributed by atoms with Gasteiger partial charge in [0.1, 0.15) is 0 Å². The van der Waals surface area contributed by atoms with E-state index in [4.69, 9.17) is 10.2 Å². The molecular weight excluding hydrogens is 254 g/mol. The molecule has 2 aromatic carbocycles. The Bertz CT molecular complexity index is 561. The number of carboxylic acid groups (broad SMARTS) is 1. The van der Waals surface area contributed by atoms with Gasteiger partial charge in [0.15, 0.2) is 0 Å². The van der Waals surface area contributed by atoms with Crippen LogP contribution in [0, 0.1) is 0 Å². The van der Waals surface area contributed by atoms with Crippen molar-refractivity contribution in [3.8, 4) is 0 Å². The highest BCUT2D eigenvalue weighted by molar-refractivity contribution is 5.87. The fourth-order valence-corrected chi connectivity index (χ4v) is 1.88. The maximum atomic E-state index is 10.7. The second kappa shape index (κ2) is 6.84. The van der Waals surface area contributed by atoms with Gasteiger partial charge < -0.3 is 15.5 Å². The van der Waals surface area contributed by atoms with E-state index in [0.717, 1.165) is 23.2 Å². The van der Waals surface area contributed by atoms with Crippen molar-refractivity contribution in [2.75, 3.05) is 0 Å². The summed E-state index contributed by atoms with van der Waals surface area (Å²) in [5.74, 6) is -0.909. The van der Waals surface area contributed by atoms with Crippen molar-refractivity contribution < 1.29 is 15.0 Å². The zero-order chi connectivity index (χ0) is 14.4. The van der Waals surface area contributed by atoms with E-state index in [2.05, 4.69) is 5.32 Å². The number of carbonyl (C=O) groups is 1. The lowest BCUT2D eigenvalue weighted by Crippen LogP contribution is -2.12. The molecule has 0 saturated heterocycles. The summed E-state index contributed by atoms with van der Waals surface area (Å²) in [6.45, 7) is 1.47. The first kappa shape index (κ1) is 14.2. The Kier molecular flexibility index (Phi) is 4.87. The van der Waals surface area contributed by atoms with Crippen molar-refractivity contribution >= 4 is 5.97 Å². The van der Waals surface area contributed by atoms with Crippen LogP contribution in [0.15, 0.2) is 48.5 Å². The molecule has 0 radical (unpaired) electrons. The molecule has 0 heterocycles. The molecule has 0 spiro atoms. The minimum absolute atomic E-state index is 0.0592. The molecule has 0 aliphatic rings. The molecule has 0 atom stereocenters. The van der Waals surface area contributed by atoms with Crippen LogP contribution in [0.2, 0.25) is 0 Å². The molecule has 0 unspecified atom stereocenters. The lowest BCUT2D eigenvalue weighted by Gasteiger charge is -2.06. The van der Waals surface area contributed by atoms with E-state index >= 15 is 0 Å². The Morgan fingerprint density at radius 2 is 1.30 bits per heavy atom. The van der Waals surface area contributed by atoms with Gasteiger partial charge in [-0.2, -0.15) is 0 Å². The average Bonchev–Trinajstić information content (AvgIpc) is 2.48. The first-order chi connectivity index (χ1) is 9.69. The number of hydrogen-bond acceptors (Lipinski definition) is 3. The molecule has 104 valence electrons. The zero-order valence-electron chi connectivity index (χ0n) is 11.0. The van der Waals surface area contributed by atoms with E-state index in [1.807, 2.05) is 36.4 Å². The number of nitrogens with one attached hydrogen (secondary N) is 1. The van der Waals surface area contributed by atoms with Gasteiger partial charge in [0.05, 0.1) is 12.2 Å². The molecule has 4 heteroatoms. The van der Waals surface area contributed by atoms with Gasteiger partial charge in [-0.25, -0.2) is 4.79 Å². The lowest BCUT2D eigenvalue weighted by atomic mass is 10.1. The van der Waals surface area contributed by atoms with Crippen LogP contribution in [0.5, 0.6) is 0 Å². The van der Waals surface area contributed by atoms with Crippen LogP contribution in [0.3, 0.4) is 0 Å². The summed E-state index contributed by atoms with van der Waals surface area (Å²) < 4.78 is 0. The smallest absolute Gasteiger partial charge is 0.335 e. The highest BCUT2D eigenvalue weighted by Gasteiger charge is 2.01. The fraction of sp³-hybridized carbons (Fsp3) is 0.188. The van der Waals surface area contributed by atoms with E-state index in [1.54, 1.807) is 12.1 Å². The van der Waals surface area contributed by atoms with Crippen LogP contribution < -0.4 is 5.32 Å². The van der Waals surface area contributed by atoms with Gasteiger partial charge in [-0.1, -0.05) is 36.4 Å². The number of rotatable bonds is 6. The predicted octanol–water partition coefficient (Wildman–Crippen LogP) is 2.17. The second-order valence-electron chi connectivity index (χ2n) is 4.58. The Balaban J connectivity index is 1.84. The van der Waals surface area contributed by atoms with Gasteiger partial charge in [0.25, 0.3) is 0 Å². The summed E-state index contributed by atoms with van der Waals surface area (Å²) in [5, 5.41) is 21.1. The highest BCUT2D eigenvalue weighted by atomic mass is 16.4. The summed E-state index contributed by atoms with van der Waals surface area (Å²) in [6, 6.07) is 14.6. The van der Waals surface area contributed by atoms with Gasteiger partial charge >= 0.3 is 5.97 Å². The van der Waals surface area contributed by atoms with Crippen molar-refractivity contribution in [3.63, 3.8) is 0 Å². The molecule has 0 saturated carbocycles. The molecule has 20 heavy (non-hydrogen) atoms. The third kappa shape index (κ3) is 3.91. The number of carboxylic acids is 1. The maximum Gasteiger partial charge on any atom is 0.335 e. The normalized spacial score (nSPS) is 10.4. The fourth-order valence-electron chi connectivity index (χ4n) is 1.88. The Labute approximate surface area is 117 Å². The summed E-state index contributed by atoms with van der Waals surface area (Å²) >= 11 is 0. The molecule has 0 aliphatic heterocycles. The Morgan fingerprint density at radius 3 is 1.75 bits per heavy atom. The molecule has 0 aromatic heterocycles. The van der Waals surface area contributed by atoms with Crippen LogP contribution >= 0.6 is 0 Å². The van der Waals surface area contributed by atoms with E-state index < -0.39 is 5.97 Å². The molecule has 2 aromatic rings. The summed E-state index contributed by atoms with van der Waals surface area (Å²) in [7, 11) is 0. The quantitative estimate of drug-likeness (QED) is 0.753. The Morgan fingerprint density at radius 1 is 0.850 bits per heavy atom. The van der Waals surface area contributed by atoms with Gasteiger partial charge in [0, 0.05) is 13.1 Å². The molecule has 2 rings (SSSR count). The van der Waals surface area contributed by atoms with Crippen LogP contribution in [-0.4, -0.2) is 16.2 Å². The van der Waals surface area contributed by atoms with Crippen molar-refractivity contribution in [2.24, 2.45) is 0 Å². The molecule has 0 amide bonds. The van der Waals surface area contributed by atoms with Gasteiger partial charge in [0.2, 0.25) is 0 Å². The number of aromatic carboxylic acids is 1. The topological polar surface area (TPSA) is 69.6 Å². The number of aliphatic hydroxyl groups is 1. The zero-order valence-corrected chi connectivity index (χ0v) is 11.0. The molecular formula is C16H17NO3. The monoisotopic (exact) mass is 271 g/mol. The molecule has 4 nitrogen and oxygen atoms in total. The van der Waals surface area contributed by atoms with Gasteiger partial charge in [-0.15, -0.1) is 0 Å². The van der Waals surface area contributed by atoms with Crippen LogP contribution in [0.1, 0.15) is 27.0 Å². The summed E-state index contributed by atoms with van der Waals surface area (Å²) in [6.07, 6.45) is 0. The largest absolute Gasteiger partial charge is 0.478 e. The first-order valence-electron chi connectivity index (χ1n) is 6.40. The van der Waals surface area contributed by atoms with Crippen molar-refractivity contribution in [1.29, 1.82) is 0 Å². The van der Waals surface area contributed by atoms with E-state index in [1.165, 1.54) is 0 Å². The number of hydrogen-bond donors (Lipinski definition) is 3. The standard InChI is InChI=1S/C16H17NO3/c18-11-14-3-1-12(2-4-14)9-17-10-13-5-7-15(8-6-13)16(19)20/h1-8,17-18H,9-11H2,(H,19,20). The van der Waals surface area contributed by atoms with Gasteiger partial charge in [-0.3, -0.25) is 0 Å². The van der Waals surface area contributed by atoms with E-state index in [9.17, 15) is 4.79 Å². The predicted molar refractivity (Wildman–Crippen MR) is 76.3 cm³/mol. The van der Waals surface area contributed by atoms with E-state index in [0.29, 0.717) is 12.1 Å². The highest BCUT2D eigenvalue weighted by Crippen LogP contribution is 2.06. The van der Waals surface area contributed by atoms with Crippen molar-refractivity contribution in [2.45, 2.75) is 19.7 Å². The molecule has 0 aliphatic carbocycles. The van der Waals surface area contributed by atoms with Crippen molar-refractivity contribution in [3.05, 3.63) is 70.8 Å². The Hall–Kier alpha value is -2.17. The van der Waals surface area contributed by atoms with Crippen molar-refractivity contribution in [1.82, 2.24) is 5.32 Å². The minimum Gasteiger partial charge on any atom is -0.478 e. The third-order valence-corrected chi connectivity index (χ3v) is 3.06. The van der Waals surface area contributed by atoms with Crippen LogP contribution in [0.25, 0.3) is 0 Å². The lowest BCUT2D eigenvalue weighted by molar-refractivity contribution is 0.0697. The SMILES string of the molecule is O=C(O)c1ccc(CNCc2ccc(CO)cc2)cc1. The van der Waals surface area contributed by atoms with E-state index in [-0.39, 0.29) is 6.61 Å². The summed E-state index contributed by atoms with van der Waals surface area (Å²) in [4.78, 5) is 10.7. The van der Waals surface area contributed by atoms with Crippen LogP contribution in [-0.2, 0) is 19.7 Å².